The van der Waals surface area contributed by atoms with Crippen molar-refractivity contribution in [2.24, 2.45) is 0 Å². The number of nitrogens with zero attached hydrogens (tertiary/aromatic N) is 1. The maximum atomic E-state index is 13.1. The van der Waals surface area contributed by atoms with E-state index in [2.05, 4.69) is 15.9 Å². The zero-order valence-electron chi connectivity index (χ0n) is 15.4. The molecule has 0 N–H and O–H groups in total. The van der Waals surface area contributed by atoms with Crippen LogP contribution in [0.4, 0.5) is 5.69 Å². The number of ether oxygens (including phenoxy) is 3. The fourth-order valence-electron chi connectivity index (χ4n) is 3.80. The van der Waals surface area contributed by atoms with Gasteiger partial charge in [0.25, 0.3) is 0 Å². The zero-order valence-corrected chi connectivity index (χ0v) is 17.0. The molecule has 1 atom stereocenters. The highest BCUT2D eigenvalue weighted by Crippen LogP contribution is 2.46. The number of para-hydroxylation sites is 1. The molecule has 7 heteroatoms. The number of carbonyl (C=O) groups excluding carboxylic acids is 2. The Bertz CT molecular complexity index is 983. The monoisotopic (exact) mass is 443 g/mol. The first-order valence-electron chi connectivity index (χ1n) is 8.74. The number of hydrogen-bond acceptors (Lipinski definition) is 5. The zero-order chi connectivity index (χ0) is 19.8. The molecule has 1 amide bonds. The van der Waals surface area contributed by atoms with E-state index in [1.807, 2.05) is 36.4 Å². The molecule has 0 aromatic heterocycles. The normalized spacial score (nSPS) is 18.8. The Balaban J connectivity index is 1.85. The summed E-state index contributed by atoms with van der Waals surface area (Å²) in [4.78, 5) is 27.3. The van der Waals surface area contributed by atoms with Crippen LogP contribution in [-0.2, 0) is 14.3 Å². The molecule has 0 radical (unpaired) electrons. The van der Waals surface area contributed by atoms with E-state index >= 15 is 0 Å². The molecule has 0 spiro atoms. The van der Waals surface area contributed by atoms with Crippen LogP contribution in [0.5, 0.6) is 11.5 Å². The average Bonchev–Trinajstić information content (AvgIpc) is 3.09. The molecule has 0 saturated carbocycles. The van der Waals surface area contributed by atoms with Crippen LogP contribution in [0.3, 0.4) is 0 Å². The molecule has 2 aliphatic rings. The Labute approximate surface area is 170 Å². The van der Waals surface area contributed by atoms with Gasteiger partial charge >= 0.3 is 5.97 Å². The van der Waals surface area contributed by atoms with Crippen LogP contribution in [0.2, 0.25) is 0 Å². The molecule has 144 valence electrons. The first-order valence-corrected chi connectivity index (χ1v) is 9.54. The quantitative estimate of drug-likeness (QED) is 0.672. The van der Waals surface area contributed by atoms with Crippen LogP contribution in [0.15, 0.2) is 58.2 Å². The molecule has 4 rings (SSSR count). The van der Waals surface area contributed by atoms with Gasteiger partial charge in [0.05, 0.1) is 25.5 Å². The van der Waals surface area contributed by atoms with E-state index in [4.69, 9.17) is 14.2 Å². The number of halogens is 1. The highest BCUT2D eigenvalue weighted by Gasteiger charge is 2.44. The van der Waals surface area contributed by atoms with Crippen molar-refractivity contribution in [1.82, 2.24) is 0 Å². The second kappa shape index (κ2) is 7.31. The van der Waals surface area contributed by atoms with Gasteiger partial charge in [0.1, 0.15) is 6.61 Å². The van der Waals surface area contributed by atoms with Gasteiger partial charge in [-0.05, 0) is 30.3 Å². The van der Waals surface area contributed by atoms with Crippen LogP contribution in [0, 0.1) is 0 Å². The molecule has 0 aliphatic carbocycles. The summed E-state index contributed by atoms with van der Waals surface area (Å²) >= 11 is 3.40. The van der Waals surface area contributed by atoms with E-state index in [-0.39, 0.29) is 18.9 Å². The van der Waals surface area contributed by atoms with Gasteiger partial charge in [-0.15, -0.1) is 0 Å². The van der Waals surface area contributed by atoms with Crippen molar-refractivity contribution in [3.05, 3.63) is 63.8 Å². The van der Waals surface area contributed by atoms with E-state index in [1.165, 1.54) is 0 Å². The lowest BCUT2D eigenvalue weighted by Gasteiger charge is -2.32. The largest absolute Gasteiger partial charge is 0.493 e. The topological polar surface area (TPSA) is 65.1 Å². The van der Waals surface area contributed by atoms with Gasteiger partial charge in [0, 0.05) is 28.1 Å². The van der Waals surface area contributed by atoms with E-state index in [1.54, 1.807) is 25.2 Å². The van der Waals surface area contributed by atoms with Gasteiger partial charge in [0.15, 0.2) is 11.5 Å². The van der Waals surface area contributed by atoms with Crippen LogP contribution in [-0.4, -0.2) is 32.7 Å². The second-order valence-electron chi connectivity index (χ2n) is 6.48. The number of esters is 1. The summed E-state index contributed by atoms with van der Waals surface area (Å²) in [5.74, 6) is 0.116. The maximum Gasteiger partial charge on any atom is 0.336 e. The highest BCUT2D eigenvalue weighted by molar-refractivity contribution is 9.10. The summed E-state index contributed by atoms with van der Waals surface area (Å²) in [5.41, 5.74) is 2.51. The van der Waals surface area contributed by atoms with Gasteiger partial charge in [-0.1, -0.05) is 28.1 Å². The second-order valence-corrected chi connectivity index (χ2v) is 7.40. The first-order chi connectivity index (χ1) is 13.5. The average molecular weight is 444 g/mol. The van der Waals surface area contributed by atoms with Gasteiger partial charge in [0.2, 0.25) is 5.91 Å². The Morgan fingerprint density at radius 3 is 2.50 bits per heavy atom. The molecule has 2 aromatic carbocycles. The van der Waals surface area contributed by atoms with Crippen molar-refractivity contribution >= 4 is 33.5 Å². The van der Waals surface area contributed by atoms with Crippen molar-refractivity contribution in [3.8, 4) is 11.5 Å². The maximum absolute atomic E-state index is 13.1. The van der Waals surface area contributed by atoms with Gasteiger partial charge in [-0.3, -0.25) is 9.69 Å². The van der Waals surface area contributed by atoms with Crippen molar-refractivity contribution in [2.75, 3.05) is 25.7 Å². The molecule has 0 saturated heterocycles. The summed E-state index contributed by atoms with van der Waals surface area (Å²) in [6, 6.07) is 12.8. The van der Waals surface area contributed by atoms with Crippen LogP contribution in [0.25, 0.3) is 0 Å². The Kier molecular flexibility index (Phi) is 4.85. The smallest absolute Gasteiger partial charge is 0.336 e. The molecule has 1 unspecified atom stereocenters. The molecule has 2 aliphatic heterocycles. The minimum Gasteiger partial charge on any atom is -0.493 e. The summed E-state index contributed by atoms with van der Waals surface area (Å²) in [6.07, 6.45) is 0.132. The standard InChI is InChI=1S/C21H18BrNO5/c1-26-17-5-3-4-14(20(17)27-2)15-10-18(24)23(13-8-6-12(22)7-9-13)16-11-28-21(25)19(15)16/h3-9,15H,10-11H2,1-2H3. The lowest BCUT2D eigenvalue weighted by atomic mass is 9.83. The van der Waals surface area contributed by atoms with Gasteiger partial charge in [-0.2, -0.15) is 0 Å². The Morgan fingerprint density at radius 1 is 1.07 bits per heavy atom. The van der Waals surface area contributed by atoms with Crippen LogP contribution >= 0.6 is 15.9 Å². The fourth-order valence-corrected chi connectivity index (χ4v) is 4.06. The number of hydrogen-bond donors (Lipinski definition) is 0. The molecular weight excluding hydrogens is 426 g/mol. The molecule has 28 heavy (non-hydrogen) atoms. The van der Waals surface area contributed by atoms with Crippen molar-refractivity contribution in [3.63, 3.8) is 0 Å². The highest BCUT2D eigenvalue weighted by atomic mass is 79.9. The molecule has 0 bridgehead atoms. The lowest BCUT2D eigenvalue weighted by molar-refractivity contribution is -0.136. The van der Waals surface area contributed by atoms with Crippen molar-refractivity contribution < 1.29 is 23.8 Å². The van der Waals surface area contributed by atoms with E-state index in [9.17, 15) is 9.59 Å². The van der Waals surface area contributed by atoms with Gasteiger partial charge in [-0.25, -0.2) is 4.79 Å². The molecule has 6 nitrogen and oxygen atoms in total. The first kappa shape index (κ1) is 18.6. The van der Waals surface area contributed by atoms with E-state index in [0.29, 0.717) is 28.5 Å². The number of amides is 1. The third kappa shape index (κ3) is 2.96. The minimum absolute atomic E-state index is 0.0682. The summed E-state index contributed by atoms with van der Waals surface area (Å²) in [7, 11) is 3.10. The fraction of sp³-hybridized carbons (Fsp3) is 0.238. The van der Waals surface area contributed by atoms with Crippen molar-refractivity contribution in [1.29, 1.82) is 0 Å². The molecular formula is C21H18BrNO5. The number of carbonyl (C=O) groups is 2. The SMILES string of the molecule is COc1cccc(C2CC(=O)N(c3ccc(Br)cc3)C3=C2C(=O)OC3)c1OC. The number of benzene rings is 2. The summed E-state index contributed by atoms with van der Waals surface area (Å²) < 4.78 is 17.1. The minimum atomic E-state index is -0.450. The molecule has 2 aromatic rings. The lowest BCUT2D eigenvalue weighted by Crippen LogP contribution is -2.37. The van der Waals surface area contributed by atoms with E-state index < -0.39 is 11.9 Å². The van der Waals surface area contributed by atoms with Crippen LogP contribution in [0.1, 0.15) is 17.9 Å². The Morgan fingerprint density at radius 2 is 1.82 bits per heavy atom. The van der Waals surface area contributed by atoms with Crippen molar-refractivity contribution in [2.45, 2.75) is 12.3 Å². The number of methoxy groups -OCH3 is 2. The third-order valence-electron chi connectivity index (χ3n) is 5.01. The third-order valence-corrected chi connectivity index (χ3v) is 5.54. The molecule has 2 heterocycles. The van der Waals surface area contributed by atoms with Crippen LogP contribution < -0.4 is 14.4 Å². The van der Waals surface area contributed by atoms with E-state index in [0.717, 1.165) is 10.0 Å². The Hall–Kier alpha value is -2.80. The summed E-state index contributed by atoms with van der Waals surface area (Å²) in [6.45, 7) is 0.0682. The predicted molar refractivity (Wildman–Crippen MR) is 107 cm³/mol. The molecule has 0 fully saturated rings. The number of anilines is 1. The van der Waals surface area contributed by atoms with Gasteiger partial charge < -0.3 is 14.2 Å². The summed E-state index contributed by atoms with van der Waals surface area (Å²) in [5, 5.41) is 0. The number of cyclic esters (lactones) is 1. The predicted octanol–water partition coefficient (Wildman–Crippen LogP) is 3.80. The number of rotatable bonds is 4.